The molecule has 1 aliphatic rings. The Labute approximate surface area is 126 Å². The van der Waals surface area contributed by atoms with Gasteiger partial charge in [0.1, 0.15) is 0 Å². The highest BCUT2D eigenvalue weighted by Crippen LogP contribution is 2.26. The van der Waals surface area contributed by atoms with Gasteiger partial charge in [-0.15, -0.1) is 22.9 Å². The number of hydrogen-bond donors (Lipinski definition) is 0. The van der Waals surface area contributed by atoms with Crippen LogP contribution < -0.4 is 0 Å². The van der Waals surface area contributed by atoms with E-state index >= 15 is 0 Å². The lowest BCUT2D eigenvalue weighted by Crippen LogP contribution is -2.34. The molecule has 0 N–H and O–H groups in total. The van der Waals surface area contributed by atoms with Crippen molar-refractivity contribution in [2.24, 2.45) is 0 Å². The zero-order valence-electron chi connectivity index (χ0n) is 12.1. The van der Waals surface area contributed by atoms with Gasteiger partial charge < -0.3 is 0 Å². The standard InChI is InChI=1S/C15H25ClN2S/c1-3-14-8-7-12(2)18(14)9-5-4-6-15-17-13(10-16)11-19-15/h11-12,14H,3-10H2,1-2H3. The summed E-state index contributed by atoms with van der Waals surface area (Å²) in [7, 11) is 0. The highest BCUT2D eigenvalue weighted by molar-refractivity contribution is 7.09. The van der Waals surface area contributed by atoms with Crippen LogP contribution in [0.25, 0.3) is 0 Å². The van der Waals surface area contributed by atoms with E-state index in [1.54, 1.807) is 11.3 Å². The van der Waals surface area contributed by atoms with Crippen molar-refractivity contribution in [2.75, 3.05) is 6.54 Å². The van der Waals surface area contributed by atoms with Gasteiger partial charge in [0.15, 0.2) is 0 Å². The first-order valence-electron chi connectivity index (χ1n) is 7.49. The van der Waals surface area contributed by atoms with E-state index in [-0.39, 0.29) is 0 Å². The van der Waals surface area contributed by atoms with Gasteiger partial charge in [-0.2, -0.15) is 0 Å². The lowest BCUT2D eigenvalue weighted by atomic mass is 10.1. The first kappa shape index (κ1) is 15.3. The summed E-state index contributed by atoms with van der Waals surface area (Å²) < 4.78 is 0. The Balaban J connectivity index is 1.68. The smallest absolute Gasteiger partial charge is 0.0928 e. The molecule has 2 atom stereocenters. The predicted molar refractivity (Wildman–Crippen MR) is 84.1 cm³/mol. The van der Waals surface area contributed by atoms with Crippen LogP contribution in [0.1, 0.15) is 56.7 Å². The van der Waals surface area contributed by atoms with Crippen LogP contribution in [0.4, 0.5) is 0 Å². The number of aromatic nitrogens is 1. The molecule has 1 aromatic rings. The number of rotatable bonds is 7. The summed E-state index contributed by atoms with van der Waals surface area (Å²) in [5.41, 5.74) is 1.03. The average Bonchev–Trinajstić information content (AvgIpc) is 3.01. The van der Waals surface area contributed by atoms with E-state index in [9.17, 15) is 0 Å². The van der Waals surface area contributed by atoms with Crippen molar-refractivity contribution in [1.82, 2.24) is 9.88 Å². The van der Waals surface area contributed by atoms with Crippen LogP contribution >= 0.6 is 22.9 Å². The maximum atomic E-state index is 5.77. The van der Waals surface area contributed by atoms with Gasteiger partial charge in [0.25, 0.3) is 0 Å². The Morgan fingerprint density at radius 2 is 2.26 bits per heavy atom. The first-order chi connectivity index (χ1) is 9.24. The van der Waals surface area contributed by atoms with E-state index in [1.807, 2.05) is 0 Å². The molecule has 1 fully saturated rings. The van der Waals surface area contributed by atoms with Gasteiger partial charge in [-0.1, -0.05) is 6.92 Å². The van der Waals surface area contributed by atoms with Gasteiger partial charge >= 0.3 is 0 Å². The first-order valence-corrected chi connectivity index (χ1v) is 8.91. The molecular weight excluding hydrogens is 276 g/mol. The molecule has 0 aromatic carbocycles. The predicted octanol–water partition coefficient (Wildman–Crippen LogP) is 4.47. The van der Waals surface area contributed by atoms with Gasteiger partial charge in [0, 0.05) is 17.5 Å². The molecule has 0 aliphatic carbocycles. The van der Waals surface area contributed by atoms with Gasteiger partial charge in [-0.05, 0) is 52.0 Å². The Morgan fingerprint density at radius 3 is 2.95 bits per heavy atom. The monoisotopic (exact) mass is 300 g/mol. The molecule has 108 valence electrons. The highest BCUT2D eigenvalue weighted by atomic mass is 35.5. The number of likely N-dealkylation sites (tertiary alicyclic amines) is 1. The fourth-order valence-electron chi connectivity index (χ4n) is 3.06. The maximum absolute atomic E-state index is 5.77. The molecule has 0 radical (unpaired) electrons. The van der Waals surface area contributed by atoms with Crippen molar-refractivity contribution in [3.63, 3.8) is 0 Å². The third-order valence-electron chi connectivity index (χ3n) is 4.22. The number of alkyl halides is 1. The average molecular weight is 301 g/mol. The molecule has 0 amide bonds. The summed E-state index contributed by atoms with van der Waals surface area (Å²) in [6.07, 6.45) is 7.72. The molecule has 2 unspecified atom stereocenters. The topological polar surface area (TPSA) is 16.1 Å². The number of halogens is 1. The Hall–Kier alpha value is -0.120. The Kier molecular flexibility index (Phi) is 6.11. The second kappa shape index (κ2) is 7.61. The molecule has 1 aliphatic heterocycles. The summed E-state index contributed by atoms with van der Waals surface area (Å²) in [6.45, 7) is 5.95. The lowest BCUT2D eigenvalue weighted by molar-refractivity contribution is 0.195. The molecule has 19 heavy (non-hydrogen) atoms. The summed E-state index contributed by atoms with van der Waals surface area (Å²) in [5.74, 6) is 0.542. The Morgan fingerprint density at radius 1 is 1.42 bits per heavy atom. The zero-order valence-corrected chi connectivity index (χ0v) is 13.6. The summed E-state index contributed by atoms with van der Waals surface area (Å²) in [5, 5.41) is 3.33. The van der Waals surface area contributed by atoms with Crippen LogP contribution in [-0.4, -0.2) is 28.5 Å². The van der Waals surface area contributed by atoms with Crippen LogP contribution in [0.2, 0.25) is 0 Å². The third kappa shape index (κ3) is 4.17. The summed E-state index contributed by atoms with van der Waals surface area (Å²) in [4.78, 5) is 7.23. The van der Waals surface area contributed by atoms with Crippen LogP contribution in [0.5, 0.6) is 0 Å². The molecule has 2 nitrogen and oxygen atoms in total. The number of nitrogens with zero attached hydrogens (tertiary/aromatic N) is 2. The molecule has 0 saturated carbocycles. The number of thiazole rings is 1. The molecular formula is C15H25ClN2S. The van der Waals surface area contributed by atoms with E-state index in [4.69, 9.17) is 11.6 Å². The number of aryl methyl sites for hydroxylation is 1. The van der Waals surface area contributed by atoms with E-state index in [0.29, 0.717) is 5.88 Å². The largest absolute Gasteiger partial charge is 0.298 e. The van der Waals surface area contributed by atoms with Crippen LogP contribution in [0.15, 0.2) is 5.38 Å². The Bertz CT molecular complexity index is 380. The second-order valence-electron chi connectivity index (χ2n) is 5.55. The SMILES string of the molecule is CCC1CCC(C)N1CCCCc1nc(CCl)cs1. The molecule has 2 rings (SSSR count). The fourth-order valence-corrected chi connectivity index (χ4v) is 4.13. The van der Waals surface area contributed by atoms with Crippen molar-refractivity contribution >= 4 is 22.9 Å². The highest BCUT2D eigenvalue weighted by Gasteiger charge is 2.28. The molecule has 0 bridgehead atoms. The van der Waals surface area contributed by atoms with Gasteiger partial charge in [-0.25, -0.2) is 4.98 Å². The van der Waals surface area contributed by atoms with E-state index < -0.39 is 0 Å². The fraction of sp³-hybridized carbons (Fsp3) is 0.800. The van der Waals surface area contributed by atoms with Crippen molar-refractivity contribution < 1.29 is 0 Å². The van der Waals surface area contributed by atoms with Gasteiger partial charge in [0.2, 0.25) is 0 Å². The van der Waals surface area contributed by atoms with Crippen molar-refractivity contribution in [1.29, 1.82) is 0 Å². The van der Waals surface area contributed by atoms with Crippen molar-refractivity contribution in [3.05, 3.63) is 16.1 Å². The van der Waals surface area contributed by atoms with Crippen LogP contribution in [0.3, 0.4) is 0 Å². The number of unbranched alkanes of at least 4 members (excludes halogenated alkanes) is 1. The minimum absolute atomic E-state index is 0.542. The van der Waals surface area contributed by atoms with E-state index in [0.717, 1.165) is 24.2 Å². The van der Waals surface area contributed by atoms with Gasteiger partial charge in [-0.3, -0.25) is 4.90 Å². The summed E-state index contributed by atoms with van der Waals surface area (Å²) in [6, 6.07) is 1.62. The molecule has 2 heterocycles. The molecule has 4 heteroatoms. The van der Waals surface area contributed by atoms with Crippen molar-refractivity contribution in [2.45, 2.75) is 70.3 Å². The second-order valence-corrected chi connectivity index (χ2v) is 6.76. The molecule has 0 spiro atoms. The van der Waals surface area contributed by atoms with Gasteiger partial charge in [0.05, 0.1) is 16.6 Å². The minimum atomic E-state index is 0.542. The normalized spacial score (nSPS) is 24.2. The molecule has 1 aromatic heterocycles. The molecule has 1 saturated heterocycles. The summed E-state index contributed by atoms with van der Waals surface area (Å²) >= 11 is 7.53. The third-order valence-corrected chi connectivity index (χ3v) is 5.45. The minimum Gasteiger partial charge on any atom is -0.298 e. The van der Waals surface area contributed by atoms with E-state index in [2.05, 4.69) is 29.1 Å². The van der Waals surface area contributed by atoms with Crippen molar-refractivity contribution in [3.8, 4) is 0 Å². The van der Waals surface area contributed by atoms with Crippen LogP contribution in [0, 0.1) is 0 Å². The van der Waals surface area contributed by atoms with Crippen LogP contribution in [-0.2, 0) is 12.3 Å². The lowest BCUT2D eigenvalue weighted by Gasteiger charge is -2.27. The maximum Gasteiger partial charge on any atom is 0.0928 e. The zero-order chi connectivity index (χ0) is 13.7. The quantitative estimate of drug-likeness (QED) is 0.546. The number of hydrogen-bond acceptors (Lipinski definition) is 3. The van der Waals surface area contributed by atoms with E-state index in [1.165, 1.54) is 43.7 Å².